The summed E-state index contributed by atoms with van der Waals surface area (Å²) < 4.78 is 0. The number of hydrogen-bond donors (Lipinski definition) is 1. The molecule has 8 heteroatoms. The van der Waals surface area contributed by atoms with Crippen LogP contribution in [0.25, 0.3) is 0 Å². The maximum Gasteiger partial charge on any atom is 0.266 e. The molecule has 4 unspecified atom stereocenters. The zero-order valence-corrected chi connectivity index (χ0v) is 18.0. The summed E-state index contributed by atoms with van der Waals surface area (Å²) in [6.07, 6.45) is 3.51. The summed E-state index contributed by atoms with van der Waals surface area (Å²) in [6.45, 7) is 1.84. The molecule has 1 N–H and O–H groups in total. The van der Waals surface area contributed by atoms with Gasteiger partial charge in [-0.2, -0.15) is 0 Å². The Labute approximate surface area is 189 Å². The van der Waals surface area contributed by atoms with E-state index in [-0.39, 0.29) is 17.7 Å². The molecule has 0 spiro atoms. The number of hydrogen-bond acceptors (Lipinski definition) is 5. The smallest absolute Gasteiger partial charge is 0.266 e. The minimum Gasteiger partial charge on any atom is -0.326 e. The molecule has 5 rings (SSSR count). The number of fused-ring (bicyclic) bond motifs is 2. The second-order valence-electron chi connectivity index (χ2n) is 8.59. The second kappa shape index (κ2) is 7.51. The number of rotatable bonds is 3. The third kappa shape index (κ3) is 3.09. The van der Waals surface area contributed by atoms with Gasteiger partial charge in [0.1, 0.15) is 0 Å². The molecule has 1 fully saturated rings. The summed E-state index contributed by atoms with van der Waals surface area (Å²) in [6, 6.07) is 13.1. The van der Waals surface area contributed by atoms with Gasteiger partial charge < -0.3 is 5.32 Å². The summed E-state index contributed by atoms with van der Waals surface area (Å²) in [5, 5.41) is 2.82. The highest BCUT2D eigenvalue weighted by Crippen LogP contribution is 2.41. The average molecular weight is 443 g/mol. The maximum atomic E-state index is 13.2. The van der Waals surface area contributed by atoms with E-state index in [0.29, 0.717) is 22.5 Å². The van der Waals surface area contributed by atoms with E-state index in [1.807, 2.05) is 6.92 Å². The highest BCUT2D eigenvalue weighted by Gasteiger charge is 2.53. The molecule has 3 aliphatic rings. The van der Waals surface area contributed by atoms with E-state index in [4.69, 9.17) is 0 Å². The molecular weight excluding hydrogens is 422 g/mol. The number of likely N-dealkylation sites (tertiary alicyclic amines) is 1. The lowest BCUT2D eigenvalue weighted by molar-refractivity contribution is -0.140. The predicted octanol–water partition coefficient (Wildman–Crippen LogP) is 2.48. The molecule has 0 saturated carbocycles. The number of carbonyl (C=O) groups is 5. The van der Waals surface area contributed by atoms with Crippen LogP contribution in [0.1, 0.15) is 27.6 Å². The van der Waals surface area contributed by atoms with Gasteiger partial charge in [-0.25, -0.2) is 4.90 Å². The van der Waals surface area contributed by atoms with Crippen molar-refractivity contribution in [2.75, 3.05) is 17.3 Å². The fourth-order valence-corrected chi connectivity index (χ4v) is 4.96. The summed E-state index contributed by atoms with van der Waals surface area (Å²) in [4.78, 5) is 66.1. The molecule has 1 aliphatic carbocycles. The second-order valence-corrected chi connectivity index (χ2v) is 8.59. The normalized spacial score (nSPS) is 26.0. The minimum atomic E-state index is -0.748. The van der Waals surface area contributed by atoms with Crippen molar-refractivity contribution in [3.8, 4) is 0 Å². The monoisotopic (exact) mass is 443 g/mol. The van der Waals surface area contributed by atoms with Crippen LogP contribution in [0.2, 0.25) is 0 Å². The van der Waals surface area contributed by atoms with Crippen molar-refractivity contribution in [3.63, 3.8) is 0 Å². The Kier molecular flexibility index (Phi) is 4.74. The van der Waals surface area contributed by atoms with E-state index in [1.165, 1.54) is 7.05 Å². The maximum absolute atomic E-state index is 13.2. The number of nitrogens with zero attached hydrogens (tertiary/aromatic N) is 2. The van der Waals surface area contributed by atoms with Gasteiger partial charge in [0.2, 0.25) is 17.7 Å². The first-order chi connectivity index (χ1) is 15.8. The van der Waals surface area contributed by atoms with Gasteiger partial charge in [0.25, 0.3) is 11.8 Å². The van der Waals surface area contributed by atoms with E-state index >= 15 is 0 Å². The van der Waals surface area contributed by atoms with Gasteiger partial charge in [-0.15, -0.1) is 0 Å². The molecule has 8 nitrogen and oxygen atoms in total. The van der Waals surface area contributed by atoms with Gasteiger partial charge in [-0.1, -0.05) is 37.3 Å². The van der Waals surface area contributed by atoms with Gasteiger partial charge >= 0.3 is 0 Å². The van der Waals surface area contributed by atoms with Gasteiger partial charge in [-0.05, 0) is 36.2 Å². The zero-order chi connectivity index (χ0) is 23.4. The molecule has 4 atom stereocenters. The summed E-state index contributed by atoms with van der Waals surface area (Å²) >= 11 is 0. The lowest BCUT2D eigenvalue weighted by Gasteiger charge is -2.30. The van der Waals surface area contributed by atoms with E-state index in [2.05, 4.69) is 5.32 Å². The van der Waals surface area contributed by atoms with Gasteiger partial charge in [0, 0.05) is 12.7 Å². The quantitative estimate of drug-likeness (QED) is 0.580. The lowest BCUT2D eigenvalue weighted by atomic mass is 9.71. The van der Waals surface area contributed by atoms with Crippen LogP contribution in [-0.2, 0) is 14.4 Å². The molecule has 1 saturated heterocycles. The Morgan fingerprint density at radius 3 is 2.21 bits per heavy atom. The number of carbonyl (C=O) groups excluding carboxylic acids is 5. The van der Waals surface area contributed by atoms with Gasteiger partial charge in [0.05, 0.1) is 34.6 Å². The third-order valence-electron chi connectivity index (χ3n) is 6.66. The van der Waals surface area contributed by atoms with Crippen LogP contribution in [0, 0.1) is 23.7 Å². The first-order valence-electron chi connectivity index (χ1n) is 10.7. The van der Waals surface area contributed by atoms with Crippen molar-refractivity contribution < 1.29 is 24.0 Å². The number of amides is 5. The topological polar surface area (TPSA) is 104 Å². The molecule has 33 heavy (non-hydrogen) atoms. The van der Waals surface area contributed by atoms with Crippen LogP contribution in [-0.4, -0.2) is 41.5 Å². The Bertz CT molecular complexity index is 1230. The number of nitrogens with one attached hydrogen (secondary N) is 1. The van der Waals surface area contributed by atoms with Crippen LogP contribution >= 0.6 is 0 Å². The van der Waals surface area contributed by atoms with Crippen LogP contribution in [0.3, 0.4) is 0 Å². The van der Waals surface area contributed by atoms with Gasteiger partial charge in [0.15, 0.2) is 0 Å². The molecule has 0 radical (unpaired) electrons. The summed E-state index contributed by atoms with van der Waals surface area (Å²) in [5.41, 5.74) is 1.39. The molecule has 5 amide bonds. The third-order valence-corrected chi connectivity index (χ3v) is 6.66. The Morgan fingerprint density at radius 1 is 0.879 bits per heavy atom. The van der Waals surface area contributed by atoms with E-state index in [0.717, 1.165) is 9.80 Å². The molecule has 2 heterocycles. The summed E-state index contributed by atoms with van der Waals surface area (Å²) in [5.74, 6) is -4.26. The Morgan fingerprint density at radius 2 is 1.55 bits per heavy atom. The van der Waals surface area contributed by atoms with Crippen molar-refractivity contribution in [2.45, 2.75) is 6.92 Å². The number of imide groups is 2. The van der Waals surface area contributed by atoms with Crippen molar-refractivity contribution in [1.29, 1.82) is 0 Å². The minimum absolute atomic E-state index is 0.242. The van der Waals surface area contributed by atoms with Crippen molar-refractivity contribution in [1.82, 2.24) is 4.90 Å². The fourth-order valence-electron chi connectivity index (χ4n) is 4.96. The van der Waals surface area contributed by atoms with Crippen LogP contribution < -0.4 is 10.2 Å². The van der Waals surface area contributed by atoms with E-state index < -0.39 is 35.5 Å². The van der Waals surface area contributed by atoms with E-state index in [9.17, 15) is 24.0 Å². The molecule has 2 aromatic rings. The standard InChI is InChI=1S/C25H21N3O5/c1-13-10-11-18-20(25(33)27(2)22(18)30)19(13)21(29)26-14-6-5-7-15(12-14)28-23(31)16-8-3-4-9-17(16)24(28)32/h3-13,18-20H,1-2H3,(H,26,29). The number of allylic oxidation sites excluding steroid dienone is 1. The highest BCUT2D eigenvalue weighted by molar-refractivity contribution is 6.34. The zero-order valence-electron chi connectivity index (χ0n) is 18.0. The first kappa shape index (κ1) is 20.8. The summed E-state index contributed by atoms with van der Waals surface area (Å²) in [7, 11) is 1.43. The van der Waals surface area contributed by atoms with Crippen LogP contribution in [0.15, 0.2) is 60.7 Å². The fraction of sp³-hybridized carbons (Fsp3) is 0.240. The van der Waals surface area contributed by atoms with Crippen molar-refractivity contribution >= 4 is 40.9 Å². The highest BCUT2D eigenvalue weighted by atomic mass is 16.2. The molecule has 166 valence electrons. The predicted molar refractivity (Wildman–Crippen MR) is 119 cm³/mol. The van der Waals surface area contributed by atoms with Crippen molar-refractivity contribution in [3.05, 3.63) is 71.8 Å². The first-order valence-corrected chi connectivity index (χ1v) is 10.7. The van der Waals surface area contributed by atoms with Crippen LogP contribution in [0.5, 0.6) is 0 Å². The lowest BCUT2D eigenvalue weighted by Crippen LogP contribution is -2.41. The van der Waals surface area contributed by atoms with Gasteiger partial charge in [-0.3, -0.25) is 28.9 Å². The largest absolute Gasteiger partial charge is 0.326 e. The molecule has 2 aromatic carbocycles. The molecular formula is C25H21N3O5. The SMILES string of the molecule is CC1C=CC2C(=O)N(C)C(=O)C2C1C(=O)Nc1cccc(N2C(=O)c3ccccc3C2=O)c1. The molecule has 0 bridgehead atoms. The average Bonchev–Trinajstić information content (AvgIpc) is 3.19. The van der Waals surface area contributed by atoms with Crippen LogP contribution in [0.4, 0.5) is 11.4 Å². The number of benzene rings is 2. The van der Waals surface area contributed by atoms with Crippen molar-refractivity contribution in [2.24, 2.45) is 23.7 Å². The number of anilines is 2. The molecule has 2 aliphatic heterocycles. The van der Waals surface area contributed by atoms with E-state index in [1.54, 1.807) is 60.7 Å². The Balaban J connectivity index is 1.41. The Hall–Kier alpha value is -4.07. The molecule has 0 aromatic heterocycles.